The highest BCUT2D eigenvalue weighted by molar-refractivity contribution is 5.90. The van der Waals surface area contributed by atoms with Crippen LogP contribution in [0.15, 0.2) is 0 Å². The predicted octanol–water partition coefficient (Wildman–Crippen LogP) is 0.218. The average molecular weight is 282 g/mol. The van der Waals surface area contributed by atoms with Gasteiger partial charge in [-0.1, -0.05) is 13.8 Å². The van der Waals surface area contributed by atoms with E-state index in [1.165, 1.54) is 14.0 Å². The zero-order chi connectivity index (χ0) is 15.7. The molecule has 0 radical (unpaired) electrons. The van der Waals surface area contributed by atoms with Crippen LogP contribution in [0.1, 0.15) is 33.6 Å². The van der Waals surface area contributed by atoms with Gasteiger partial charge in [-0.25, -0.2) is 4.79 Å². The lowest BCUT2D eigenvalue weighted by atomic mass is 10.0. The zero-order valence-corrected chi connectivity index (χ0v) is 12.4. The standard InChI is InChI=1S/C14H22N2O4/c1-6-7-11(14(19)20-5)16-13(18)12(8-9(2)3)15-10(4)17/h1,9,11-12H,7-8H2,2-5H3,(H,15,17)(H,16,18)/t11-,12+/m1/s1. The molecule has 0 unspecified atom stereocenters. The molecule has 20 heavy (non-hydrogen) atoms. The summed E-state index contributed by atoms with van der Waals surface area (Å²) in [7, 11) is 1.22. The van der Waals surface area contributed by atoms with E-state index in [9.17, 15) is 14.4 Å². The Kier molecular flexibility index (Phi) is 8.06. The number of carbonyl (C=O) groups is 3. The number of esters is 1. The number of methoxy groups -OCH3 is 1. The molecule has 0 bridgehead atoms. The molecule has 0 heterocycles. The zero-order valence-electron chi connectivity index (χ0n) is 12.4. The number of hydrogen-bond donors (Lipinski definition) is 2. The van der Waals surface area contributed by atoms with Gasteiger partial charge in [-0.05, 0) is 12.3 Å². The molecular formula is C14H22N2O4. The molecule has 2 atom stereocenters. The lowest BCUT2D eigenvalue weighted by Crippen LogP contribution is -2.51. The van der Waals surface area contributed by atoms with Crippen molar-refractivity contribution in [2.75, 3.05) is 7.11 Å². The molecule has 0 aliphatic carbocycles. The van der Waals surface area contributed by atoms with E-state index in [4.69, 9.17) is 6.42 Å². The number of ether oxygens (including phenoxy) is 1. The minimum atomic E-state index is -0.902. The maximum absolute atomic E-state index is 12.1. The van der Waals surface area contributed by atoms with Gasteiger partial charge in [0.25, 0.3) is 0 Å². The molecule has 2 N–H and O–H groups in total. The van der Waals surface area contributed by atoms with Gasteiger partial charge >= 0.3 is 5.97 Å². The van der Waals surface area contributed by atoms with Crippen molar-refractivity contribution in [3.05, 3.63) is 0 Å². The summed E-state index contributed by atoms with van der Waals surface area (Å²) in [5.41, 5.74) is 0. The van der Waals surface area contributed by atoms with Crippen LogP contribution in [-0.4, -0.2) is 37.0 Å². The van der Waals surface area contributed by atoms with E-state index < -0.39 is 24.0 Å². The number of amides is 2. The van der Waals surface area contributed by atoms with Crippen LogP contribution in [-0.2, 0) is 19.1 Å². The van der Waals surface area contributed by atoms with E-state index in [0.29, 0.717) is 6.42 Å². The van der Waals surface area contributed by atoms with Crippen molar-refractivity contribution in [3.63, 3.8) is 0 Å². The Labute approximate surface area is 119 Å². The first kappa shape index (κ1) is 18.0. The highest BCUT2D eigenvalue weighted by atomic mass is 16.5. The van der Waals surface area contributed by atoms with Crippen molar-refractivity contribution in [2.45, 2.75) is 45.7 Å². The third-order valence-electron chi connectivity index (χ3n) is 2.53. The highest BCUT2D eigenvalue weighted by Crippen LogP contribution is 2.06. The molecule has 0 spiro atoms. The average Bonchev–Trinajstić information content (AvgIpc) is 2.35. The second kappa shape index (κ2) is 8.97. The summed E-state index contributed by atoms with van der Waals surface area (Å²) in [4.78, 5) is 34.7. The Morgan fingerprint density at radius 3 is 2.20 bits per heavy atom. The van der Waals surface area contributed by atoms with E-state index in [2.05, 4.69) is 21.3 Å². The van der Waals surface area contributed by atoms with Crippen LogP contribution in [0.25, 0.3) is 0 Å². The first-order valence-corrected chi connectivity index (χ1v) is 6.40. The van der Waals surface area contributed by atoms with Gasteiger partial charge in [0.1, 0.15) is 12.1 Å². The Bertz CT molecular complexity index is 398. The normalized spacial score (nSPS) is 13.0. The number of nitrogens with one attached hydrogen (secondary N) is 2. The Hall–Kier alpha value is -2.03. The van der Waals surface area contributed by atoms with E-state index in [1.54, 1.807) is 0 Å². The minimum absolute atomic E-state index is 0.0346. The third kappa shape index (κ3) is 6.78. The van der Waals surface area contributed by atoms with Crippen molar-refractivity contribution in [1.82, 2.24) is 10.6 Å². The predicted molar refractivity (Wildman–Crippen MR) is 74.5 cm³/mol. The van der Waals surface area contributed by atoms with Crippen LogP contribution in [0.5, 0.6) is 0 Å². The van der Waals surface area contributed by atoms with Gasteiger partial charge < -0.3 is 15.4 Å². The van der Waals surface area contributed by atoms with Crippen molar-refractivity contribution in [1.29, 1.82) is 0 Å². The topological polar surface area (TPSA) is 84.5 Å². The summed E-state index contributed by atoms with van der Waals surface area (Å²) in [6.07, 6.45) is 5.66. The fourth-order valence-electron chi connectivity index (χ4n) is 1.67. The number of carbonyl (C=O) groups excluding carboxylic acids is 3. The van der Waals surface area contributed by atoms with Crippen LogP contribution in [0.3, 0.4) is 0 Å². The molecule has 0 aliphatic rings. The van der Waals surface area contributed by atoms with Gasteiger partial charge in [0.2, 0.25) is 11.8 Å². The molecular weight excluding hydrogens is 260 g/mol. The minimum Gasteiger partial charge on any atom is -0.467 e. The SMILES string of the molecule is C#CC[C@@H](NC(=O)[C@H](CC(C)C)NC(C)=O)C(=O)OC. The quantitative estimate of drug-likeness (QED) is 0.517. The first-order valence-electron chi connectivity index (χ1n) is 6.40. The molecule has 0 saturated heterocycles. The van der Waals surface area contributed by atoms with Crippen molar-refractivity contribution < 1.29 is 19.1 Å². The summed E-state index contributed by atoms with van der Waals surface area (Å²) >= 11 is 0. The lowest BCUT2D eigenvalue weighted by molar-refractivity contribution is -0.145. The monoisotopic (exact) mass is 282 g/mol. The maximum Gasteiger partial charge on any atom is 0.329 e. The van der Waals surface area contributed by atoms with E-state index >= 15 is 0 Å². The van der Waals surface area contributed by atoms with Gasteiger partial charge in [0.05, 0.1) is 7.11 Å². The molecule has 0 fully saturated rings. The van der Waals surface area contributed by atoms with Crippen LogP contribution in [0.2, 0.25) is 0 Å². The Morgan fingerprint density at radius 1 is 1.20 bits per heavy atom. The second-order valence-electron chi connectivity index (χ2n) is 4.88. The largest absolute Gasteiger partial charge is 0.467 e. The maximum atomic E-state index is 12.1. The summed E-state index contributed by atoms with van der Waals surface area (Å²) in [6, 6.07) is -1.60. The van der Waals surface area contributed by atoms with Crippen molar-refractivity contribution in [2.24, 2.45) is 5.92 Å². The van der Waals surface area contributed by atoms with Crippen LogP contribution >= 0.6 is 0 Å². The molecule has 0 rings (SSSR count). The third-order valence-corrected chi connectivity index (χ3v) is 2.53. The number of terminal acetylenes is 1. The van der Waals surface area contributed by atoms with Crippen LogP contribution in [0, 0.1) is 18.3 Å². The molecule has 6 heteroatoms. The van der Waals surface area contributed by atoms with Gasteiger partial charge in [0.15, 0.2) is 0 Å². The lowest BCUT2D eigenvalue weighted by Gasteiger charge is -2.22. The van der Waals surface area contributed by atoms with E-state index in [-0.39, 0.29) is 18.2 Å². The fourth-order valence-corrected chi connectivity index (χ4v) is 1.67. The molecule has 112 valence electrons. The first-order chi connectivity index (χ1) is 9.31. The van der Waals surface area contributed by atoms with Gasteiger partial charge in [-0.15, -0.1) is 12.3 Å². The molecule has 2 amide bonds. The smallest absolute Gasteiger partial charge is 0.329 e. The summed E-state index contributed by atoms with van der Waals surface area (Å²) in [6.45, 7) is 5.20. The molecule has 0 aromatic rings. The molecule has 6 nitrogen and oxygen atoms in total. The second-order valence-corrected chi connectivity index (χ2v) is 4.88. The number of rotatable bonds is 7. The van der Waals surface area contributed by atoms with Gasteiger partial charge in [-0.3, -0.25) is 9.59 Å². The summed E-state index contributed by atoms with van der Waals surface area (Å²) in [5.74, 6) is 1.15. The molecule has 0 saturated carbocycles. The Balaban J connectivity index is 4.82. The fraction of sp³-hybridized carbons (Fsp3) is 0.643. The number of hydrogen-bond acceptors (Lipinski definition) is 4. The Morgan fingerprint density at radius 2 is 1.80 bits per heavy atom. The van der Waals surface area contributed by atoms with Gasteiger partial charge in [0, 0.05) is 13.3 Å². The van der Waals surface area contributed by atoms with Crippen molar-refractivity contribution in [3.8, 4) is 12.3 Å². The molecule has 0 aromatic heterocycles. The van der Waals surface area contributed by atoms with E-state index in [0.717, 1.165) is 0 Å². The molecule has 0 aromatic carbocycles. The summed E-state index contributed by atoms with van der Waals surface area (Å²) < 4.78 is 4.57. The van der Waals surface area contributed by atoms with Crippen LogP contribution in [0.4, 0.5) is 0 Å². The molecule has 0 aliphatic heterocycles. The summed E-state index contributed by atoms with van der Waals surface area (Å²) in [5, 5.41) is 5.07. The van der Waals surface area contributed by atoms with E-state index in [1.807, 2.05) is 13.8 Å². The van der Waals surface area contributed by atoms with Crippen molar-refractivity contribution >= 4 is 17.8 Å². The van der Waals surface area contributed by atoms with Gasteiger partial charge in [-0.2, -0.15) is 0 Å². The van der Waals surface area contributed by atoms with Crippen LogP contribution < -0.4 is 10.6 Å². The highest BCUT2D eigenvalue weighted by Gasteiger charge is 2.26.